The van der Waals surface area contributed by atoms with Crippen molar-refractivity contribution < 1.29 is 23.8 Å². The van der Waals surface area contributed by atoms with Gasteiger partial charge < -0.3 is 14.2 Å². The number of carbonyl (C=O) groups excluding carboxylic acids is 2. The number of hydrogen-bond donors (Lipinski definition) is 0. The minimum atomic E-state index is -0.773. The van der Waals surface area contributed by atoms with Crippen LogP contribution in [0.3, 0.4) is 0 Å². The molecule has 4 rings (SSSR count). The third-order valence-corrected chi connectivity index (χ3v) is 7.72. The molecular weight excluding hydrogens is 320 g/mol. The Balaban J connectivity index is 1.64. The van der Waals surface area contributed by atoms with Crippen LogP contribution in [0, 0.1) is 23.2 Å². The number of esters is 2. The predicted octanol–water partition coefficient (Wildman–Crippen LogP) is 3.37. The molecule has 4 fully saturated rings. The molecule has 0 aromatic heterocycles. The standard InChI is InChI=1S/C20H28O5/c1-6-11(2)16(21)23-15-8-7-12(3)18(5)10-19-13(4)17(22)24-20(19,25-19)9-14(15)18/h6,12-15H,7-10H2,1-5H3/b11-6-/t12-,13-,14-,15+,18+,19-,20-/m0/s1. The van der Waals surface area contributed by atoms with Crippen LogP contribution in [-0.2, 0) is 23.8 Å². The van der Waals surface area contributed by atoms with Gasteiger partial charge in [0.2, 0.25) is 5.79 Å². The zero-order valence-corrected chi connectivity index (χ0v) is 15.8. The highest BCUT2D eigenvalue weighted by Gasteiger charge is 2.86. The summed E-state index contributed by atoms with van der Waals surface area (Å²) in [5, 5.41) is 0. The third kappa shape index (κ3) is 2.05. The first-order valence-electron chi connectivity index (χ1n) is 9.46. The molecule has 0 aromatic carbocycles. The van der Waals surface area contributed by atoms with Crippen LogP contribution < -0.4 is 0 Å². The molecule has 0 amide bonds. The predicted molar refractivity (Wildman–Crippen MR) is 90.3 cm³/mol. The monoisotopic (exact) mass is 348 g/mol. The normalized spacial score (nSPS) is 51.1. The van der Waals surface area contributed by atoms with Crippen LogP contribution in [0.1, 0.15) is 60.3 Å². The van der Waals surface area contributed by atoms with Crippen molar-refractivity contribution in [3.8, 4) is 0 Å². The van der Waals surface area contributed by atoms with E-state index in [-0.39, 0.29) is 35.3 Å². The van der Waals surface area contributed by atoms with Crippen LogP contribution in [0.15, 0.2) is 11.6 Å². The number of hydrogen-bond acceptors (Lipinski definition) is 5. The van der Waals surface area contributed by atoms with Crippen molar-refractivity contribution in [3.05, 3.63) is 11.6 Å². The summed E-state index contributed by atoms with van der Waals surface area (Å²) in [6, 6.07) is 0. The Morgan fingerprint density at radius 3 is 2.72 bits per heavy atom. The van der Waals surface area contributed by atoms with Crippen molar-refractivity contribution in [1.29, 1.82) is 0 Å². The summed E-state index contributed by atoms with van der Waals surface area (Å²) in [5.41, 5.74) is 0.150. The summed E-state index contributed by atoms with van der Waals surface area (Å²) in [6.07, 6.45) is 4.95. The molecule has 138 valence electrons. The molecule has 2 saturated carbocycles. The highest BCUT2D eigenvalue weighted by molar-refractivity contribution is 5.87. The molecular formula is C20H28O5. The molecule has 2 aliphatic carbocycles. The Morgan fingerprint density at radius 1 is 1.32 bits per heavy atom. The van der Waals surface area contributed by atoms with E-state index in [0.717, 1.165) is 19.3 Å². The molecule has 2 saturated heterocycles. The second-order valence-electron chi connectivity index (χ2n) is 8.77. The minimum Gasteiger partial charge on any atom is -0.459 e. The van der Waals surface area contributed by atoms with Crippen LogP contribution >= 0.6 is 0 Å². The van der Waals surface area contributed by atoms with Gasteiger partial charge in [-0.15, -0.1) is 0 Å². The van der Waals surface area contributed by atoms with Crippen molar-refractivity contribution in [2.75, 3.05) is 0 Å². The maximum absolute atomic E-state index is 12.3. The summed E-state index contributed by atoms with van der Waals surface area (Å²) >= 11 is 0. The fourth-order valence-corrected chi connectivity index (χ4v) is 5.57. The fraction of sp³-hybridized carbons (Fsp3) is 0.800. The van der Waals surface area contributed by atoms with E-state index in [1.54, 1.807) is 13.0 Å². The lowest BCUT2D eigenvalue weighted by molar-refractivity contribution is -0.173. The molecule has 0 N–H and O–H groups in total. The van der Waals surface area contributed by atoms with Gasteiger partial charge in [-0.2, -0.15) is 0 Å². The molecule has 0 spiro atoms. The molecule has 2 aliphatic heterocycles. The zero-order chi connectivity index (χ0) is 18.2. The third-order valence-electron chi connectivity index (χ3n) is 7.72. The average molecular weight is 348 g/mol. The largest absolute Gasteiger partial charge is 0.459 e. The SMILES string of the molecule is C/C=C(/C)C(=O)O[C@@H]1CC[C@H](C)[C@@]2(C)C[C@@]34O[C@]3(C[C@@H]12)OC(=O)[C@@H]4C. The number of allylic oxidation sites excluding steroid dienone is 1. The molecule has 2 heterocycles. The smallest absolute Gasteiger partial charge is 0.333 e. The van der Waals surface area contributed by atoms with Gasteiger partial charge in [-0.05, 0) is 51.4 Å². The first kappa shape index (κ1) is 17.1. The second kappa shape index (κ2) is 5.09. The van der Waals surface area contributed by atoms with Crippen LogP contribution in [0.25, 0.3) is 0 Å². The molecule has 4 aliphatic rings. The van der Waals surface area contributed by atoms with Crippen molar-refractivity contribution >= 4 is 11.9 Å². The molecule has 7 atom stereocenters. The highest BCUT2D eigenvalue weighted by Crippen LogP contribution is 2.73. The molecule has 25 heavy (non-hydrogen) atoms. The number of carbonyl (C=O) groups is 2. The summed E-state index contributed by atoms with van der Waals surface area (Å²) in [7, 11) is 0. The highest BCUT2D eigenvalue weighted by atomic mass is 16.8. The fourth-order valence-electron chi connectivity index (χ4n) is 5.57. The Kier molecular flexibility index (Phi) is 3.48. The number of rotatable bonds is 2. The van der Waals surface area contributed by atoms with Crippen molar-refractivity contribution in [2.24, 2.45) is 23.2 Å². The summed E-state index contributed by atoms with van der Waals surface area (Å²) in [5.74, 6) is -0.740. The average Bonchev–Trinajstić information content (AvgIpc) is 3.16. The molecule has 5 heteroatoms. The first-order chi connectivity index (χ1) is 11.7. The summed E-state index contributed by atoms with van der Waals surface area (Å²) in [4.78, 5) is 24.5. The summed E-state index contributed by atoms with van der Waals surface area (Å²) in [6.45, 7) is 10.1. The van der Waals surface area contributed by atoms with Gasteiger partial charge in [0, 0.05) is 17.9 Å². The van der Waals surface area contributed by atoms with Gasteiger partial charge in [-0.25, -0.2) is 4.79 Å². The van der Waals surface area contributed by atoms with Crippen LogP contribution in [-0.4, -0.2) is 29.4 Å². The van der Waals surface area contributed by atoms with Crippen molar-refractivity contribution in [2.45, 2.75) is 77.8 Å². The van der Waals surface area contributed by atoms with Crippen LogP contribution in [0.2, 0.25) is 0 Å². The van der Waals surface area contributed by atoms with Gasteiger partial charge in [-0.3, -0.25) is 4.79 Å². The molecule has 0 bridgehead atoms. The van der Waals surface area contributed by atoms with E-state index in [9.17, 15) is 9.59 Å². The van der Waals surface area contributed by atoms with E-state index in [1.807, 2.05) is 13.8 Å². The lowest BCUT2D eigenvalue weighted by atomic mass is 9.51. The number of ether oxygens (including phenoxy) is 3. The van der Waals surface area contributed by atoms with Gasteiger partial charge in [0.25, 0.3) is 0 Å². The minimum absolute atomic E-state index is 0.0186. The van der Waals surface area contributed by atoms with Crippen LogP contribution in [0.5, 0.6) is 0 Å². The Labute approximate surface area is 149 Å². The van der Waals surface area contributed by atoms with E-state index in [4.69, 9.17) is 14.2 Å². The summed E-state index contributed by atoms with van der Waals surface area (Å²) < 4.78 is 17.7. The number of fused-ring (bicyclic) bond motifs is 1. The molecule has 0 aromatic rings. The first-order valence-corrected chi connectivity index (χ1v) is 9.46. The topological polar surface area (TPSA) is 65.1 Å². The van der Waals surface area contributed by atoms with Crippen molar-refractivity contribution in [1.82, 2.24) is 0 Å². The van der Waals surface area contributed by atoms with Gasteiger partial charge in [0.15, 0.2) is 5.60 Å². The molecule has 5 nitrogen and oxygen atoms in total. The van der Waals surface area contributed by atoms with E-state index in [2.05, 4.69) is 13.8 Å². The zero-order valence-electron chi connectivity index (χ0n) is 15.8. The lowest BCUT2D eigenvalue weighted by Crippen LogP contribution is -2.55. The van der Waals surface area contributed by atoms with Gasteiger partial charge in [0.05, 0.1) is 5.92 Å². The van der Waals surface area contributed by atoms with Crippen LogP contribution in [0.4, 0.5) is 0 Å². The van der Waals surface area contributed by atoms with Gasteiger partial charge >= 0.3 is 11.9 Å². The maximum Gasteiger partial charge on any atom is 0.333 e. The van der Waals surface area contributed by atoms with Crippen molar-refractivity contribution in [3.63, 3.8) is 0 Å². The van der Waals surface area contributed by atoms with E-state index in [1.165, 1.54) is 0 Å². The molecule has 0 radical (unpaired) electrons. The van der Waals surface area contributed by atoms with E-state index < -0.39 is 11.4 Å². The van der Waals surface area contributed by atoms with E-state index >= 15 is 0 Å². The molecule has 0 unspecified atom stereocenters. The lowest BCUT2D eigenvalue weighted by Gasteiger charge is -2.53. The Bertz CT molecular complexity index is 669. The quantitative estimate of drug-likeness (QED) is 0.435. The Hall–Kier alpha value is -1.36. The maximum atomic E-state index is 12.3. The Morgan fingerprint density at radius 2 is 2.04 bits per heavy atom. The second-order valence-corrected chi connectivity index (χ2v) is 8.77. The van der Waals surface area contributed by atoms with E-state index in [0.29, 0.717) is 17.9 Å². The van der Waals surface area contributed by atoms with Gasteiger partial charge in [-0.1, -0.05) is 19.9 Å². The number of epoxide rings is 1. The van der Waals surface area contributed by atoms with Gasteiger partial charge in [0.1, 0.15) is 6.10 Å².